The number of anilines is 2. The molecule has 2 aromatic carbocycles. The van der Waals surface area contributed by atoms with Gasteiger partial charge in [0.15, 0.2) is 0 Å². The van der Waals surface area contributed by atoms with E-state index in [1.54, 1.807) is 12.1 Å². The minimum Gasteiger partial charge on any atom is -0.385 e. The molecule has 2 N–H and O–H groups in total. The van der Waals surface area contributed by atoms with Crippen molar-refractivity contribution in [2.24, 2.45) is 0 Å². The molecule has 7 heteroatoms. The fourth-order valence-electron chi connectivity index (χ4n) is 1.74. The summed E-state index contributed by atoms with van der Waals surface area (Å²) in [5.74, 6) is -0.570. The average molecular weight is 329 g/mol. The molecule has 0 amide bonds. The first-order valence-electron chi connectivity index (χ1n) is 6.24. The van der Waals surface area contributed by atoms with Crippen molar-refractivity contribution in [3.8, 4) is 0 Å². The fraction of sp³-hybridized carbons (Fsp3) is 0.143. The molecule has 0 aliphatic carbocycles. The third-order valence-corrected chi connectivity index (χ3v) is 4.43. The largest absolute Gasteiger partial charge is 0.385 e. The average Bonchev–Trinajstić information content (AvgIpc) is 2.44. The van der Waals surface area contributed by atoms with E-state index >= 15 is 0 Å². The molecule has 0 saturated carbocycles. The summed E-state index contributed by atoms with van der Waals surface area (Å²) < 4.78 is 39.9. The van der Waals surface area contributed by atoms with Gasteiger partial charge >= 0.3 is 0 Å². The van der Waals surface area contributed by atoms with Gasteiger partial charge in [-0.1, -0.05) is 11.6 Å². The Balaban J connectivity index is 2.27. The Bertz CT molecular complexity index is 733. The molecule has 0 atom stereocenters. The van der Waals surface area contributed by atoms with E-state index < -0.39 is 15.8 Å². The van der Waals surface area contributed by atoms with Gasteiger partial charge in [-0.15, -0.1) is 0 Å². The summed E-state index contributed by atoms with van der Waals surface area (Å²) in [5.41, 5.74) is 0.827. The highest BCUT2D eigenvalue weighted by molar-refractivity contribution is 7.92. The Kier molecular flexibility index (Phi) is 4.69. The van der Waals surface area contributed by atoms with Crippen LogP contribution in [0, 0.1) is 5.82 Å². The van der Waals surface area contributed by atoms with Gasteiger partial charge < -0.3 is 5.32 Å². The van der Waals surface area contributed by atoms with E-state index in [1.165, 1.54) is 18.2 Å². The van der Waals surface area contributed by atoms with Crippen LogP contribution in [-0.4, -0.2) is 15.0 Å². The summed E-state index contributed by atoms with van der Waals surface area (Å²) in [4.78, 5) is 0.0736. The van der Waals surface area contributed by atoms with Gasteiger partial charge in [-0.05, 0) is 49.4 Å². The van der Waals surface area contributed by atoms with Gasteiger partial charge in [-0.2, -0.15) is 0 Å². The number of sulfonamides is 1. The van der Waals surface area contributed by atoms with Gasteiger partial charge in [-0.3, -0.25) is 4.72 Å². The number of rotatable bonds is 5. The molecule has 0 aliphatic rings. The molecular formula is C14H14ClFN2O2S. The van der Waals surface area contributed by atoms with Crippen molar-refractivity contribution < 1.29 is 12.8 Å². The maximum Gasteiger partial charge on any atom is 0.261 e. The SMILES string of the molecule is CCNc1ccc(S(=O)(=O)Nc2cc(F)ccc2Cl)cc1. The molecule has 0 aromatic heterocycles. The van der Waals surface area contributed by atoms with Crippen LogP contribution in [0.5, 0.6) is 0 Å². The molecule has 0 fully saturated rings. The zero-order chi connectivity index (χ0) is 15.5. The lowest BCUT2D eigenvalue weighted by Crippen LogP contribution is -2.13. The summed E-state index contributed by atoms with van der Waals surface area (Å²) >= 11 is 5.85. The predicted octanol–water partition coefficient (Wildman–Crippen LogP) is 3.71. The van der Waals surface area contributed by atoms with Crippen LogP contribution in [-0.2, 0) is 10.0 Å². The summed E-state index contributed by atoms with van der Waals surface area (Å²) in [6.45, 7) is 2.68. The van der Waals surface area contributed by atoms with E-state index in [0.29, 0.717) is 0 Å². The number of benzene rings is 2. The normalized spacial score (nSPS) is 11.2. The van der Waals surface area contributed by atoms with Gasteiger partial charge in [0.2, 0.25) is 0 Å². The van der Waals surface area contributed by atoms with Crippen molar-refractivity contribution in [2.45, 2.75) is 11.8 Å². The molecule has 0 radical (unpaired) electrons. The van der Waals surface area contributed by atoms with Crippen molar-refractivity contribution in [1.29, 1.82) is 0 Å². The Morgan fingerprint density at radius 1 is 1.14 bits per heavy atom. The first-order chi connectivity index (χ1) is 9.92. The number of hydrogen-bond acceptors (Lipinski definition) is 3. The Morgan fingerprint density at radius 2 is 1.81 bits per heavy atom. The highest BCUT2D eigenvalue weighted by Crippen LogP contribution is 2.25. The van der Waals surface area contributed by atoms with Crippen LogP contribution in [0.4, 0.5) is 15.8 Å². The molecule has 21 heavy (non-hydrogen) atoms. The van der Waals surface area contributed by atoms with E-state index in [2.05, 4.69) is 10.0 Å². The number of hydrogen-bond donors (Lipinski definition) is 2. The van der Waals surface area contributed by atoms with Crippen LogP contribution in [0.15, 0.2) is 47.4 Å². The zero-order valence-corrected chi connectivity index (χ0v) is 12.8. The second-order valence-corrected chi connectivity index (χ2v) is 6.37. The molecule has 0 saturated heterocycles. The fourth-order valence-corrected chi connectivity index (χ4v) is 3.03. The van der Waals surface area contributed by atoms with Gasteiger partial charge in [0.1, 0.15) is 5.82 Å². The smallest absolute Gasteiger partial charge is 0.261 e. The molecule has 112 valence electrons. The Hall–Kier alpha value is -1.79. The first-order valence-corrected chi connectivity index (χ1v) is 8.10. The molecular weight excluding hydrogens is 315 g/mol. The minimum atomic E-state index is -3.81. The lowest BCUT2D eigenvalue weighted by atomic mass is 10.3. The van der Waals surface area contributed by atoms with E-state index in [1.807, 2.05) is 6.92 Å². The molecule has 0 aliphatic heterocycles. The summed E-state index contributed by atoms with van der Waals surface area (Å²) in [7, 11) is -3.81. The Morgan fingerprint density at radius 3 is 2.43 bits per heavy atom. The minimum absolute atomic E-state index is 0.00688. The molecule has 4 nitrogen and oxygen atoms in total. The van der Waals surface area contributed by atoms with Crippen molar-refractivity contribution in [2.75, 3.05) is 16.6 Å². The molecule has 0 spiro atoms. The maximum atomic E-state index is 13.2. The van der Waals surface area contributed by atoms with E-state index in [9.17, 15) is 12.8 Å². The molecule has 2 aromatic rings. The zero-order valence-electron chi connectivity index (χ0n) is 11.2. The second kappa shape index (κ2) is 6.32. The van der Waals surface area contributed by atoms with Crippen molar-refractivity contribution in [1.82, 2.24) is 0 Å². The molecule has 2 rings (SSSR count). The third kappa shape index (κ3) is 3.86. The quantitative estimate of drug-likeness (QED) is 0.879. The summed E-state index contributed by atoms with van der Waals surface area (Å²) in [6, 6.07) is 9.73. The van der Waals surface area contributed by atoms with E-state index in [0.717, 1.165) is 24.4 Å². The summed E-state index contributed by atoms with van der Waals surface area (Å²) in [6.07, 6.45) is 0. The Labute approximate surface area is 128 Å². The van der Waals surface area contributed by atoms with Crippen LogP contribution < -0.4 is 10.0 Å². The van der Waals surface area contributed by atoms with Gasteiger partial charge in [0.25, 0.3) is 10.0 Å². The lowest BCUT2D eigenvalue weighted by Gasteiger charge is -2.10. The standard InChI is InChI=1S/C14H14ClFN2O2S/c1-2-17-11-4-6-12(7-5-11)21(19,20)18-14-9-10(16)3-8-13(14)15/h3-9,17-18H,2H2,1H3. The van der Waals surface area contributed by atoms with Gasteiger partial charge in [-0.25, -0.2) is 12.8 Å². The van der Waals surface area contributed by atoms with Crippen molar-refractivity contribution in [3.05, 3.63) is 53.3 Å². The van der Waals surface area contributed by atoms with Crippen LogP contribution in [0.3, 0.4) is 0 Å². The van der Waals surface area contributed by atoms with Gasteiger partial charge in [0.05, 0.1) is 15.6 Å². The predicted molar refractivity (Wildman–Crippen MR) is 82.8 cm³/mol. The van der Waals surface area contributed by atoms with Crippen molar-refractivity contribution in [3.63, 3.8) is 0 Å². The first kappa shape index (κ1) is 15.6. The van der Waals surface area contributed by atoms with Crippen molar-refractivity contribution >= 4 is 33.0 Å². The van der Waals surface area contributed by atoms with Crippen LogP contribution in [0.1, 0.15) is 6.92 Å². The van der Waals surface area contributed by atoms with E-state index in [-0.39, 0.29) is 15.6 Å². The molecule has 0 heterocycles. The number of halogens is 2. The lowest BCUT2D eigenvalue weighted by molar-refractivity contribution is 0.601. The second-order valence-electron chi connectivity index (χ2n) is 4.28. The number of nitrogens with one attached hydrogen (secondary N) is 2. The highest BCUT2D eigenvalue weighted by atomic mass is 35.5. The monoisotopic (exact) mass is 328 g/mol. The third-order valence-electron chi connectivity index (χ3n) is 2.72. The molecule has 0 bridgehead atoms. The van der Waals surface area contributed by atoms with E-state index in [4.69, 9.17) is 11.6 Å². The van der Waals surface area contributed by atoms with Crippen LogP contribution in [0.25, 0.3) is 0 Å². The van der Waals surface area contributed by atoms with Crippen LogP contribution in [0.2, 0.25) is 5.02 Å². The topological polar surface area (TPSA) is 58.2 Å². The maximum absolute atomic E-state index is 13.2. The van der Waals surface area contributed by atoms with Crippen LogP contribution >= 0.6 is 11.6 Å². The molecule has 0 unspecified atom stereocenters. The summed E-state index contributed by atoms with van der Waals surface area (Å²) in [5, 5.41) is 3.20. The highest BCUT2D eigenvalue weighted by Gasteiger charge is 2.16. The van der Waals surface area contributed by atoms with Gasteiger partial charge in [0, 0.05) is 12.2 Å².